The highest BCUT2D eigenvalue weighted by Crippen LogP contribution is 2.19. The van der Waals surface area contributed by atoms with Crippen molar-refractivity contribution in [3.05, 3.63) is 42.0 Å². The second kappa shape index (κ2) is 5.81. The summed E-state index contributed by atoms with van der Waals surface area (Å²) in [5.74, 6) is 1.83. The average molecular weight is 308 g/mol. The van der Waals surface area contributed by atoms with Crippen molar-refractivity contribution in [3.8, 4) is 0 Å². The lowest BCUT2D eigenvalue weighted by molar-refractivity contribution is 0.623. The van der Waals surface area contributed by atoms with Crippen LogP contribution >= 0.6 is 11.6 Å². The van der Waals surface area contributed by atoms with Crippen LogP contribution in [0.1, 0.15) is 11.6 Å². The maximum Gasteiger partial charge on any atom is 0.152 e. The van der Waals surface area contributed by atoms with E-state index >= 15 is 0 Å². The molecular formula is C14H15ClFN5. The van der Waals surface area contributed by atoms with E-state index in [1.54, 1.807) is 17.1 Å². The quantitative estimate of drug-likeness (QED) is 0.680. The van der Waals surface area contributed by atoms with E-state index < -0.39 is 0 Å². The highest BCUT2D eigenvalue weighted by Gasteiger charge is 2.12. The smallest absolute Gasteiger partial charge is 0.152 e. The molecule has 110 valence electrons. The zero-order valence-electron chi connectivity index (χ0n) is 11.6. The van der Waals surface area contributed by atoms with Crippen LogP contribution in [0.3, 0.4) is 0 Å². The van der Waals surface area contributed by atoms with Crippen LogP contribution in [0.4, 0.5) is 4.39 Å². The zero-order valence-corrected chi connectivity index (χ0v) is 12.4. The first-order valence-corrected chi connectivity index (χ1v) is 7.26. The molecule has 0 fully saturated rings. The molecule has 7 heteroatoms. The second-order valence-electron chi connectivity index (χ2n) is 4.84. The fourth-order valence-electron chi connectivity index (χ4n) is 2.38. The summed E-state index contributed by atoms with van der Waals surface area (Å²) in [6, 6.07) is 4.62. The van der Waals surface area contributed by atoms with Crippen molar-refractivity contribution in [2.24, 2.45) is 7.05 Å². The zero-order chi connectivity index (χ0) is 14.8. The summed E-state index contributed by atoms with van der Waals surface area (Å²) in [5, 5.41) is 4.26. The van der Waals surface area contributed by atoms with Gasteiger partial charge in [-0.2, -0.15) is 5.10 Å². The summed E-state index contributed by atoms with van der Waals surface area (Å²) in [6.45, 7) is 0.649. The van der Waals surface area contributed by atoms with Crippen LogP contribution < -0.4 is 0 Å². The number of aryl methyl sites for hydroxylation is 4. The largest absolute Gasteiger partial charge is 0.327 e. The molecule has 1 aromatic carbocycles. The van der Waals surface area contributed by atoms with Gasteiger partial charge in [0, 0.05) is 32.3 Å². The normalized spacial score (nSPS) is 11.4. The number of imidazole rings is 1. The van der Waals surface area contributed by atoms with Gasteiger partial charge in [0.25, 0.3) is 0 Å². The average Bonchev–Trinajstić information content (AvgIpc) is 3.01. The maximum atomic E-state index is 13.5. The molecule has 2 heterocycles. The Hall–Kier alpha value is -1.95. The summed E-state index contributed by atoms with van der Waals surface area (Å²) in [5.41, 5.74) is 1.57. The van der Waals surface area contributed by atoms with Crippen molar-refractivity contribution in [2.75, 3.05) is 5.88 Å². The minimum atomic E-state index is -0.267. The van der Waals surface area contributed by atoms with Gasteiger partial charge in [0.1, 0.15) is 18.0 Å². The Morgan fingerprint density at radius 3 is 2.86 bits per heavy atom. The molecule has 5 nitrogen and oxygen atoms in total. The maximum absolute atomic E-state index is 13.5. The van der Waals surface area contributed by atoms with Crippen molar-refractivity contribution >= 4 is 22.6 Å². The number of halogens is 2. The molecule has 0 aliphatic rings. The Morgan fingerprint density at radius 1 is 1.29 bits per heavy atom. The summed E-state index contributed by atoms with van der Waals surface area (Å²) < 4.78 is 17.1. The molecule has 0 radical (unpaired) electrons. The Balaban J connectivity index is 1.94. The molecule has 3 aromatic rings. The monoisotopic (exact) mass is 307 g/mol. The lowest BCUT2D eigenvalue weighted by atomic mass is 10.3. The van der Waals surface area contributed by atoms with Gasteiger partial charge in [0.2, 0.25) is 0 Å². The highest BCUT2D eigenvalue weighted by atomic mass is 35.5. The minimum Gasteiger partial charge on any atom is -0.327 e. The molecule has 0 saturated carbocycles. The topological polar surface area (TPSA) is 48.5 Å². The van der Waals surface area contributed by atoms with Crippen molar-refractivity contribution in [2.45, 2.75) is 19.4 Å². The first-order valence-electron chi connectivity index (χ1n) is 6.72. The summed E-state index contributed by atoms with van der Waals surface area (Å²) in [6.07, 6.45) is 2.98. The Labute approximate surface area is 126 Å². The summed E-state index contributed by atoms with van der Waals surface area (Å²) >= 11 is 5.83. The number of hydrogen-bond acceptors (Lipinski definition) is 3. The third kappa shape index (κ3) is 2.90. The van der Waals surface area contributed by atoms with Gasteiger partial charge in [-0.15, -0.1) is 11.6 Å². The van der Waals surface area contributed by atoms with Crippen molar-refractivity contribution in [1.29, 1.82) is 0 Å². The summed E-state index contributed by atoms with van der Waals surface area (Å²) in [4.78, 5) is 8.73. The van der Waals surface area contributed by atoms with E-state index in [2.05, 4.69) is 15.1 Å². The minimum absolute atomic E-state index is 0.267. The third-order valence-corrected chi connectivity index (χ3v) is 3.50. The Kier molecular flexibility index (Phi) is 3.88. The first kappa shape index (κ1) is 14.0. The van der Waals surface area contributed by atoms with E-state index in [4.69, 9.17) is 11.6 Å². The molecule has 0 unspecified atom stereocenters. The van der Waals surface area contributed by atoms with Gasteiger partial charge in [0.15, 0.2) is 5.82 Å². The summed E-state index contributed by atoms with van der Waals surface area (Å²) in [7, 11) is 1.83. The van der Waals surface area contributed by atoms with Crippen LogP contribution in [0, 0.1) is 5.82 Å². The van der Waals surface area contributed by atoms with Gasteiger partial charge in [0.05, 0.1) is 11.0 Å². The SMILES string of the molecule is Cn1cnc(CCn2c(CCCl)nc3ccc(F)cc32)n1. The molecule has 0 spiro atoms. The standard InChI is InChI=1S/C14H15ClFN5/c1-20-9-17-13(19-20)5-7-21-12-8-10(16)2-3-11(12)18-14(21)4-6-15/h2-3,8-9H,4-7H2,1H3. The van der Waals surface area contributed by atoms with Gasteiger partial charge >= 0.3 is 0 Å². The molecule has 0 atom stereocenters. The molecule has 21 heavy (non-hydrogen) atoms. The van der Waals surface area contributed by atoms with Crippen LogP contribution in [0.25, 0.3) is 11.0 Å². The van der Waals surface area contributed by atoms with Crippen LogP contribution in [0.5, 0.6) is 0 Å². The van der Waals surface area contributed by atoms with E-state index in [0.29, 0.717) is 25.3 Å². The molecule has 3 rings (SSSR count). The van der Waals surface area contributed by atoms with E-state index in [-0.39, 0.29) is 5.82 Å². The van der Waals surface area contributed by atoms with Gasteiger partial charge < -0.3 is 4.57 Å². The molecule has 0 saturated heterocycles. The van der Waals surface area contributed by atoms with E-state index in [1.165, 1.54) is 12.1 Å². The van der Waals surface area contributed by atoms with Crippen LogP contribution in [-0.4, -0.2) is 30.2 Å². The lowest BCUT2D eigenvalue weighted by Crippen LogP contribution is -2.08. The Morgan fingerprint density at radius 2 is 2.14 bits per heavy atom. The Bertz CT molecular complexity index is 764. The number of fused-ring (bicyclic) bond motifs is 1. The predicted molar refractivity (Wildman–Crippen MR) is 78.8 cm³/mol. The highest BCUT2D eigenvalue weighted by molar-refractivity contribution is 6.17. The third-order valence-electron chi connectivity index (χ3n) is 3.31. The van der Waals surface area contributed by atoms with Crippen LogP contribution in [-0.2, 0) is 26.4 Å². The van der Waals surface area contributed by atoms with Gasteiger partial charge in [-0.25, -0.2) is 14.4 Å². The molecule has 0 bridgehead atoms. The molecule has 0 aliphatic carbocycles. The number of rotatable bonds is 5. The van der Waals surface area contributed by atoms with E-state index in [1.807, 2.05) is 11.6 Å². The van der Waals surface area contributed by atoms with E-state index in [9.17, 15) is 4.39 Å². The number of alkyl halides is 1. The predicted octanol–water partition coefficient (Wildman–Crippen LogP) is 2.33. The first-order chi connectivity index (χ1) is 10.2. The van der Waals surface area contributed by atoms with Gasteiger partial charge in [-0.3, -0.25) is 4.68 Å². The number of nitrogens with zero attached hydrogens (tertiary/aromatic N) is 5. The molecule has 0 aliphatic heterocycles. The lowest BCUT2D eigenvalue weighted by Gasteiger charge is -2.07. The fraction of sp³-hybridized carbons (Fsp3) is 0.357. The number of benzene rings is 1. The van der Waals surface area contributed by atoms with Crippen molar-refractivity contribution in [3.63, 3.8) is 0 Å². The van der Waals surface area contributed by atoms with Gasteiger partial charge in [-0.05, 0) is 18.2 Å². The van der Waals surface area contributed by atoms with E-state index in [0.717, 1.165) is 22.7 Å². The number of aromatic nitrogens is 5. The van der Waals surface area contributed by atoms with Crippen molar-refractivity contribution in [1.82, 2.24) is 24.3 Å². The van der Waals surface area contributed by atoms with Crippen LogP contribution in [0.15, 0.2) is 24.5 Å². The molecule has 2 aromatic heterocycles. The number of hydrogen-bond donors (Lipinski definition) is 0. The van der Waals surface area contributed by atoms with Crippen molar-refractivity contribution < 1.29 is 4.39 Å². The van der Waals surface area contributed by atoms with Gasteiger partial charge in [-0.1, -0.05) is 0 Å². The molecule has 0 N–H and O–H groups in total. The second-order valence-corrected chi connectivity index (χ2v) is 5.21. The molecule has 0 amide bonds. The molecular weight excluding hydrogens is 293 g/mol. The fourth-order valence-corrected chi connectivity index (χ4v) is 2.55. The van der Waals surface area contributed by atoms with Crippen LogP contribution in [0.2, 0.25) is 0 Å².